The fraction of sp³-hybridized carbons (Fsp3) is 0.381. The highest BCUT2D eigenvalue weighted by molar-refractivity contribution is 14.0. The lowest BCUT2D eigenvalue weighted by molar-refractivity contribution is 0.373. The minimum atomic E-state index is 0. The van der Waals surface area contributed by atoms with Crippen LogP contribution in [0.2, 0.25) is 0 Å². The topological polar surface area (TPSA) is 65.9 Å². The number of aryl methyl sites for hydroxylation is 1. The van der Waals surface area contributed by atoms with Crippen LogP contribution in [-0.2, 0) is 6.54 Å². The number of nitrogens with zero attached hydrogens (tertiary/aromatic N) is 1. The number of aromatic hydroxyl groups is 1. The van der Waals surface area contributed by atoms with Crippen molar-refractivity contribution in [1.82, 2.24) is 10.6 Å². The third-order valence-corrected chi connectivity index (χ3v) is 4.23. The monoisotopic (exact) mass is 483 g/mol. The quantitative estimate of drug-likeness (QED) is 0.314. The predicted molar refractivity (Wildman–Crippen MR) is 122 cm³/mol. The fourth-order valence-corrected chi connectivity index (χ4v) is 2.61. The number of phenolic OH excluding ortho intramolecular Hbond substituents is 1. The summed E-state index contributed by atoms with van der Waals surface area (Å²) in [5.74, 6) is 1.74. The van der Waals surface area contributed by atoms with E-state index >= 15 is 0 Å². The van der Waals surface area contributed by atoms with Gasteiger partial charge in [0.05, 0.1) is 13.7 Å². The number of hydrogen-bond acceptors (Lipinski definition) is 3. The molecule has 148 valence electrons. The molecule has 2 aromatic rings. The van der Waals surface area contributed by atoms with Gasteiger partial charge in [0, 0.05) is 13.1 Å². The summed E-state index contributed by atoms with van der Waals surface area (Å²) in [6, 6.07) is 14.0. The third kappa shape index (κ3) is 7.28. The standard InChI is InChI=1S/C21H29N3O2.HI/c1-5-22-21(23-13-16(3)18-9-6-15(2)7-10-18)24-14-17-8-11-20(26-4)19(25)12-17;/h6-12,16,25H,5,13-14H2,1-4H3,(H2,22,23,24);1H. The number of nitrogens with one attached hydrogen (secondary N) is 2. The summed E-state index contributed by atoms with van der Waals surface area (Å²) in [6.07, 6.45) is 0. The molecule has 0 spiro atoms. The van der Waals surface area contributed by atoms with Gasteiger partial charge in [0.25, 0.3) is 0 Å². The second-order valence-electron chi connectivity index (χ2n) is 6.39. The molecule has 2 rings (SSSR count). The van der Waals surface area contributed by atoms with Crippen LogP contribution in [0.15, 0.2) is 47.5 Å². The maximum Gasteiger partial charge on any atom is 0.191 e. The van der Waals surface area contributed by atoms with Crippen molar-refractivity contribution < 1.29 is 9.84 Å². The molecule has 1 unspecified atom stereocenters. The Morgan fingerprint density at radius 3 is 2.44 bits per heavy atom. The average Bonchev–Trinajstić information content (AvgIpc) is 2.64. The molecule has 0 aromatic heterocycles. The highest BCUT2D eigenvalue weighted by Gasteiger charge is 2.07. The zero-order valence-corrected chi connectivity index (χ0v) is 18.8. The van der Waals surface area contributed by atoms with Crippen molar-refractivity contribution in [3.05, 3.63) is 59.2 Å². The van der Waals surface area contributed by atoms with Crippen molar-refractivity contribution >= 4 is 29.9 Å². The van der Waals surface area contributed by atoms with Gasteiger partial charge in [-0.3, -0.25) is 0 Å². The van der Waals surface area contributed by atoms with Gasteiger partial charge in [-0.25, -0.2) is 4.99 Å². The van der Waals surface area contributed by atoms with Crippen molar-refractivity contribution in [2.24, 2.45) is 4.99 Å². The maximum absolute atomic E-state index is 9.88. The Kier molecular flexibility index (Phi) is 9.99. The molecule has 3 N–H and O–H groups in total. The molecule has 6 heteroatoms. The van der Waals surface area contributed by atoms with Gasteiger partial charge >= 0.3 is 0 Å². The van der Waals surface area contributed by atoms with E-state index in [1.807, 2.05) is 13.0 Å². The van der Waals surface area contributed by atoms with Crippen LogP contribution in [0.4, 0.5) is 0 Å². The minimum absolute atomic E-state index is 0. The van der Waals surface area contributed by atoms with Gasteiger partial charge in [-0.15, -0.1) is 24.0 Å². The van der Waals surface area contributed by atoms with Crippen molar-refractivity contribution in [2.75, 3.05) is 20.2 Å². The smallest absolute Gasteiger partial charge is 0.191 e. The van der Waals surface area contributed by atoms with Gasteiger partial charge in [-0.2, -0.15) is 0 Å². The molecule has 2 aromatic carbocycles. The first-order chi connectivity index (χ1) is 12.5. The molecule has 0 aliphatic carbocycles. The van der Waals surface area contributed by atoms with E-state index < -0.39 is 0 Å². The molecule has 0 radical (unpaired) electrons. The Labute approximate surface area is 179 Å². The van der Waals surface area contributed by atoms with Crippen LogP contribution in [-0.4, -0.2) is 31.3 Å². The van der Waals surface area contributed by atoms with E-state index in [4.69, 9.17) is 4.74 Å². The van der Waals surface area contributed by atoms with E-state index in [9.17, 15) is 5.11 Å². The van der Waals surface area contributed by atoms with Crippen molar-refractivity contribution in [3.63, 3.8) is 0 Å². The molecule has 27 heavy (non-hydrogen) atoms. The normalized spacial score (nSPS) is 12.1. The molecular weight excluding hydrogens is 453 g/mol. The predicted octanol–water partition coefficient (Wildman–Crippen LogP) is 4.19. The zero-order chi connectivity index (χ0) is 18.9. The summed E-state index contributed by atoms with van der Waals surface area (Å²) in [5, 5.41) is 16.5. The van der Waals surface area contributed by atoms with Crippen molar-refractivity contribution in [1.29, 1.82) is 0 Å². The first-order valence-corrected chi connectivity index (χ1v) is 8.98. The number of rotatable bonds is 7. The fourth-order valence-electron chi connectivity index (χ4n) is 2.61. The maximum atomic E-state index is 9.88. The molecule has 0 fully saturated rings. The van der Waals surface area contributed by atoms with E-state index in [1.165, 1.54) is 18.2 Å². The van der Waals surface area contributed by atoms with E-state index in [1.54, 1.807) is 12.1 Å². The highest BCUT2D eigenvalue weighted by atomic mass is 127. The summed E-state index contributed by atoms with van der Waals surface area (Å²) in [7, 11) is 1.54. The summed E-state index contributed by atoms with van der Waals surface area (Å²) in [5.41, 5.74) is 3.50. The molecule has 5 nitrogen and oxygen atoms in total. The van der Waals surface area contributed by atoms with Crippen LogP contribution < -0.4 is 15.4 Å². The van der Waals surface area contributed by atoms with Gasteiger partial charge in [0.15, 0.2) is 17.5 Å². The molecule has 0 saturated heterocycles. The largest absolute Gasteiger partial charge is 0.504 e. The SMILES string of the molecule is CCNC(=NCc1ccc(OC)c(O)c1)NCC(C)c1ccc(C)cc1.I. The number of guanidine groups is 1. The van der Waals surface area contributed by atoms with Gasteiger partial charge in [-0.1, -0.05) is 42.8 Å². The van der Waals surface area contributed by atoms with Crippen LogP contribution in [0.25, 0.3) is 0 Å². The second kappa shape index (κ2) is 11.7. The number of halogens is 1. The number of hydrogen-bond donors (Lipinski definition) is 3. The first-order valence-electron chi connectivity index (χ1n) is 8.98. The van der Waals surface area contributed by atoms with E-state index in [0.717, 1.165) is 24.6 Å². The molecule has 0 bridgehead atoms. The van der Waals surface area contributed by atoms with E-state index in [0.29, 0.717) is 18.2 Å². The lowest BCUT2D eigenvalue weighted by atomic mass is 10.0. The summed E-state index contributed by atoms with van der Waals surface area (Å²) < 4.78 is 5.07. The number of phenols is 1. The number of benzene rings is 2. The van der Waals surface area contributed by atoms with Gasteiger partial charge in [-0.05, 0) is 43.0 Å². The molecular formula is C21H30IN3O2. The number of methoxy groups -OCH3 is 1. The van der Waals surface area contributed by atoms with Crippen molar-refractivity contribution in [3.8, 4) is 11.5 Å². The molecule has 0 aliphatic heterocycles. The average molecular weight is 483 g/mol. The number of aliphatic imine (C=N–C) groups is 1. The molecule has 0 amide bonds. The Morgan fingerprint density at radius 1 is 1.15 bits per heavy atom. The molecule has 1 atom stereocenters. The lowest BCUT2D eigenvalue weighted by Gasteiger charge is -2.16. The third-order valence-electron chi connectivity index (χ3n) is 4.23. The Balaban J connectivity index is 0.00000364. The van der Waals surface area contributed by atoms with E-state index in [-0.39, 0.29) is 29.7 Å². The zero-order valence-electron chi connectivity index (χ0n) is 16.5. The van der Waals surface area contributed by atoms with Crippen LogP contribution in [0.5, 0.6) is 11.5 Å². The van der Waals surface area contributed by atoms with Gasteiger partial charge in [0.1, 0.15) is 0 Å². The minimum Gasteiger partial charge on any atom is -0.504 e. The molecule has 0 saturated carbocycles. The first kappa shape index (κ1) is 23.1. The summed E-state index contributed by atoms with van der Waals surface area (Å²) in [4.78, 5) is 4.60. The Hall–Kier alpha value is -1.96. The molecule has 0 heterocycles. The molecule has 0 aliphatic rings. The van der Waals surface area contributed by atoms with Crippen LogP contribution >= 0.6 is 24.0 Å². The van der Waals surface area contributed by atoms with Gasteiger partial charge < -0.3 is 20.5 Å². The summed E-state index contributed by atoms with van der Waals surface area (Å²) in [6.45, 7) is 8.40. The van der Waals surface area contributed by atoms with Crippen LogP contribution in [0.1, 0.15) is 36.5 Å². The summed E-state index contributed by atoms with van der Waals surface area (Å²) >= 11 is 0. The van der Waals surface area contributed by atoms with Crippen molar-refractivity contribution in [2.45, 2.75) is 33.2 Å². The van der Waals surface area contributed by atoms with Crippen LogP contribution in [0, 0.1) is 6.92 Å². The van der Waals surface area contributed by atoms with Gasteiger partial charge in [0.2, 0.25) is 0 Å². The van der Waals surface area contributed by atoms with E-state index in [2.05, 4.69) is 53.7 Å². The van der Waals surface area contributed by atoms with Crippen LogP contribution in [0.3, 0.4) is 0 Å². The Bertz CT molecular complexity index is 733. The number of ether oxygens (including phenoxy) is 1. The lowest BCUT2D eigenvalue weighted by Crippen LogP contribution is -2.39. The highest BCUT2D eigenvalue weighted by Crippen LogP contribution is 2.26. The second-order valence-corrected chi connectivity index (χ2v) is 6.39. The Morgan fingerprint density at radius 2 is 1.85 bits per heavy atom.